The molecule has 25 heavy (non-hydrogen) atoms. The Morgan fingerprint density at radius 2 is 1.84 bits per heavy atom. The van der Waals surface area contributed by atoms with Gasteiger partial charge in [0.25, 0.3) is 0 Å². The molecule has 3 rings (SSSR count). The van der Waals surface area contributed by atoms with E-state index in [4.69, 9.17) is 17.3 Å². The highest BCUT2D eigenvalue weighted by atomic mass is 35.5. The van der Waals surface area contributed by atoms with Gasteiger partial charge in [-0.05, 0) is 45.7 Å². The minimum absolute atomic E-state index is 0.00326. The highest BCUT2D eigenvalue weighted by molar-refractivity contribution is 6.30. The number of piperidine rings is 2. The second kappa shape index (κ2) is 7.33. The normalized spacial score (nSPS) is 22.6. The summed E-state index contributed by atoms with van der Waals surface area (Å²) in [6.07, 6.45) is 7.79. The SMILES string of the molecule is CC(C(=O)N1CCC(C(N)=O)(N2CCCCC2)CC1)n1cc(Cl)cn1. The number of likely N-dealkylation sites (tertiary alicyclic amines) is 2. The summed E-state index contributed by atoms with van der Waals surface area (Å²) in [5.74, 6) is -0.259. The van der Waals surface area contributed by atoms with Crippen LogP contribution in [0.5, 0.6) is 0 Å². The Hall–Kier alpha value is -1.60. The van der Waals surface area contributed by atoms with Gasteiger partial charge in [0.1, 0.15) is 11.6 Å². The van der Waals surface area contributed by atoms with Gasteiger partial charge in [-0.15, -0.1) is 0 Å². The molecule has 2 fully saturated rings. The summed E-state index contributed by atoms with van der Waals surface area (Å²) in [7, 11) is 0. The van der Waals surface area contributed by atoms with E-state index in [-0.39, 0.29) is 11.8 Å². The lowest BCUT2D eigenvalue weighted by atomic mass is 9.83. The molecule has 7 nitrogen and oxygen atoms in total. The Morgan fingerprint density at radius 1 is 1.20 bits per heavy atom. The molecule has 0 bridgehead atoms. The van der Waals surface area contributed by atoms with Gasteiger partial charge in [-0.1, -0.05) is 18.0 Å². The third-order valence-corrected chi connectivity index (χ3v) is 5.84. The third kappa shape index (κ3) is 3.53. The van der Waals surface area contributed by atoms with Gasteiger partial charge in [0.05, 0.1) is 11.2 Å². The van der Waals surface area contributed by atoms with Gasteiger partial charge in [-0.3, -0.25) is 19.2 Å². The van der Waals surface area contributed by atoms with E-state index in [1.54, 1.807) is 10.9 Å². The second-order valence-electron chi connectivity index (χ2n) is 7.08. The lowest BCUT2D eigenvalue weighted by molar-refractivity contribution is -0.143. The lowest BCUT2D eigenvalue weighted by Crippen LogP contribution is -2.64. The molecule has 1 unspecified atom stereocenters. The third-order valence-electron chi connectivity index (χ3n) is 5.65. The van der Waals surface area contributed by atoms with E-state index in [9.17, 15) is 9.59 Å². The second-order valence-corrected chi connectivity index (χ2v) is 7.52. The average Bonchev–Trinajstić information content (AvgIpc) is 3.07. The van der Waals surface area contributed by atoms with Crippen molar-refractivity contribution in [2.45, 2.75) is 50.6 Å². The number of rotatable bonds is 4. The van der Waals surface area contributed by atoms with E-state index in [1.165, 1.54) is 12.6 Å². The van der Waals surface area contributed by atoms with Crippen LogP contribution in [0.25, 0.3) is 0 Å². The zero-order valence-electron chi connectivity index (χ0n) is 14.7. The monoisotopic (exact) mass is 367 g/mol. The van der Waals surface area contributed by atoms with E-state index in [0.29, 0.717) is 31.0 Å². The standard InChI is InChI=1S/C17H26ClN5O2/c1-13(23-12-14(18)11-20-23)15(24)21-9-5-17(6-10-21,16(19)25)22-7-3-2-4-8-22/h11-13H,2-10H2,1H3,(H2,19,25). The summed E-state index contributed by atoms with van der Waals surface area (Å²) in [5.41, 5.74) is 5.19. The Balaban J connectivity index is 1.67. The van der Waals surface area contributed by atoms with Crippen molar-refractivity contribution in [3.8, 4) is 0 Å². The van der Waals surface area contributed by atoms with E-state index in [0.717, 1.165) is 25.9 Å². The van der Waals surface area contributed by atoms with E-state index in [1.807, 2.05) is 11.8 Å². The zero-order chi connectivity index (χ0) is 18.0. The first-order valence-electron chi connectivity index (χ1n) is 8.97. The summed E-state index contributed by atoms with van der Waals surface area (Å²) < 4.78 is 1.57. The van der Waals surface area contributed by atoms with E-state index >= 15 is 0 Å². The number of hydrogen-bond donors (Lipinski definition) is 1. The molecule has 0 saturated carbocycles. The molecule has 3 heterocycles. The Kier molecular flexibility index (Phi) is 5.34. The Morgan fingerprint density at radius 3 is 2.36 bits per heavy atom. The topological polar surface area (TPSA) is 84.5 Å². The lowest BCUT2D eigenvalue weighted by Gasteiger charge is -2.48. The van der Waals surface area contributed by atoms with Crippen LogP contribution in [-0.2, 0) is 9.59 Å². The summed E-state index contributed by atoms with van der Waals surface area (Å²) in [6.45, 7) is 4.72. The van der Waals surface area contributed by atoms with Gasteiger partial charge >= 0.3 is 0 Å². The van der Waals surface area contributed by atoms with Crippen LogP contribution in [0, 0.1) is 0 Å². The molecule has 2 saturated heterocycles. The van der Waals surface area contributed by atoms with E-state index < -0.39 is 11.6 Å². The minimum Gasteiger partial charge on any atom is -0.368 e. The largest absolute Gasteiger partial charge is 0.368 e. The van der Waals surface area contributed by atoms with Crippen LogP contribution in [0.4, 0.5) is 0 Å². The predicted molar refractivity (Wildman–Crippen MR) is 95.1 cm³/mol. The number of aromatic nitrogens is 2. The molecule has 1 aromatic rings. The molecule has 0 spiro atoms. The Labute approximate surface area is 153 Å². The number of carbonyl (C=O) groups is 2. The maximum Gasteiger partial charge on any atom is 0.247 e. The van der Waals surface area contributed by atoms with Crippen LogP contribution in [0.3, 0.4) is 0 Å². The molecule has 8 heteroatoms. The van der Waals surface area contributed by atoms with Crippen LogP contribution >= 0.6 is 11.6 Å². The minimum atomic E-state index is -0.602. The fourth-order valence-electron chi connectivity index (χ4n) is 4.04. The van der Waals surface area contributed by atoms with Crippen LogP contribution in [-0.4, -0.2) is 63.1 Å². The molecule has 0 radical (unpaired) electrons. The molecular weight excluding hydrogens is 342 g/mol. The summed E-state index contributed by atoms with van der Waals surface area (Å²) in [4.78, 5) is 29.1. The van der Waals surface area contributed by atoms with Crippen molar-refractivity contribution in [2.24, 2.45) is 5.73 Å². The van der Waals surface area contributed by atoms with Crippen LogP contribution in [0.15, 0.2) is 12.4 Å². The molecule has 1 aromatic heterocycles. The van der Waals surface area contributed by atoms with Crippen LogP contribution in [0.2, 0.25) is 5.02 Å². The predicted octanol–water partition coefficient (Wildman–Crippen LogP) is 1.43. The van der Waals surface area contributed by atoms with E-state index in [2.05, 4.69) is 10.00 Å². The number of hydrogen-bond acceptors (Lipinski definition) is 4. The molecule has 138 valence electrons. The average molecular weight is 368 g/mol. The quantitative estimate of drug-likeness (QED) is 0.872. The number of amides is 2. The fourth-order valence-corrected chi connectivity index (χ4v) is 4.19. The van der Waals surface area contributed by atoms with Gasteiger partial charge in [-0.25, -0.2) is 0 Å². The van der Waals surface area contributed by atoms with Gasteiger partial charge < -0.3 is 10.6 Å². The first-order chi connectivity index (χ1) is 11.9. The number of halogens is 1. The number of carbonyl (C=O) groups excluding carboxylic acids is 2. The van der Waals surface area contributed by atoms with Crippen LogP contribution in [0.1, 0.15) is 45.1 Å². The molecule has 1 atom stereocenters. The zero-order valence-corrected chi connectivity index (χ0v) is 15.4. The first-order valence-corrected chi connectivity index (χ1v) is 9.35. The van der Waals surface area contributed by atoms with Crippen molar-refractivity contribution in [3.05, 3.63) is 17.4 Å². The van der Waals surface area contributed by atoms with Gasteiger partial charge in [0.15, 0.2) is 0 Å². The van der Waals surface area contributed by atoms with Gasteiger partial charge in [0.2, 0.25) is 11.8 Å². The molecule has 2 aliphatic heterocycles. The number of nitrogens with zero attached hydrogens (tertiary/aromatic N) is 4. The summed E-state index contributed by atoms with van der Waals surface area (Å²) in [5, 5.41) is 4.63. The maximum atomic E-state index is 12.8. The van der Waals surface area contributed by atoms with Gasteiger partial charge in [0, 0.05) is 19.3 Å². The molecule has 2 amide bonds. The fraction of sp³-hybridized carbons (Fsp3) is 0.706. The van der Waals surface area contributed by atoms with Crippen LogP contribution < -0.4 is 5.73 Å². The summed E-state index contributed by atoms with van der Waals surface area (Å²) >= 11 is 5.89. The van der Waals surface area contributed by atoms with Crippen molar-refractivity contribution >= 4 is 23.4 Å². The molecular formula is C17H26ClN5O2. The number of primary amides is 1. The van der Waals surface area contributed by atoms with Crippen molar-refractivity contribution in [3.63, 3.8) is 0 Å². The maximum absolute atomic E-state index is 12.8. The molecule has 2 aliphatic rings. The highest BCUT2D eigenvalue weighted by Gasteiger charge is 2.46. The first kappa shape index (κ1) is 18.2. The highest BCUT2D eigenvalue weighted by Crippen LogP contribution is 2.32. The van der Waals surface area contributed by atoms with Crippen molar-refractivity contribution in [1.82, 2.24) is 19.6 Å². The van der Waals surface area contributed by atoms with Crippen molar-refractivity contribution < 1.29 is 9.59 Å². The van der Waals surface area contributed by atoms with Gasteiger partial charge in [-0.2, -0.15) is 5.10 Å². The number of nitrogens with two attached hydrogens (primary N) is 1. The summed E-state index contributed by atoms with van der Waals surface area (Å²) in [6, 6.07) is -0.413. The van der Waals surface area contributed by atoms with Crippen molar-refractivity contribution in [2.75, 3.05) is 26.2 Å². The molecule has 0 aliphatic carbocycles. The molecule has 0 aromatic carbocycles. The molecule has 2 N–H and O–H groups in total. The van der Waals surface area contributed by atoms with Crippen molar-refractivity contribution in [1.29, 1.82) is 0 Å². The Bertz CT molecular complexity index is 633. The smallest absolute Gasteiger partial charge is 0.247 e.